The fourth-order valence-electron chi connectivity index (χ4n) is 2.24. The van der Waals surface area contributed by atoms with Crippen molar-refractivity contribution in [2.75, 3.05) is 0 Å². The predicted molar refractivity (Wildman–Crippen MR) is 76.3 cm³/mol. The molecule has 0 N–H and O–H groups in total. The van der Waals surface area contributed by atoms with Crippen molar-refractivity contribution in [1.29, 1.82) is 0 Å². The van der Waals surface area contributed by atoms with E-state index >= 15 is 0 Å². The zero-order valence-corrected chi connectivity index (χ0v) is 12.4. The van der Waals surface area contributed by atoms with Crippen molar-refractivity contribution >= 4 is 5.91 Å². The van der Waals surface area contributed by atoms with Crippen molar-refractivity contribution in [2.24, 2.45) is 0 Å². The van der Waals surface area contributed by atoms with Gasteiger partial charge in [0.1, 0.15) is 5.82 Å². The van der Waals surface area contributed by atoms with Gasteiger partial charge in [-0.3, -0.25) is 4.79 Å². The molecule has 21 heavy (non-hydrogen) atoms. The molecule has 1 aliphatic rings. The van der Waals surface area contributed by atoms with Crippen molar-refractivity contribution < 1.29 is 4.79 Å². The first-order valence-electron chi connectivity index (χ1n) is 6.87. The second-order valence-corrected chi connectivity index (χ2v) is 6.19. The highest BCUT2D eigenvalue weighted by molar-refractivity contribution is 5.92. The summed E-state index contributed by atoms with van der Waals surface area (Å²) in [7, 11) is 0. The third kappa shape index (κ3) is 2.61. The Balaban J connectivity index is 1.83. The summed E-state index contributed by atoms with van der Waals surface area (Å²) in [4.78, 5) is 23.1. The highest BCUT2D eigenvalue weighted by Gasteiger charge is 2.28. The van der Waals surface area contributed by atoms with E-state index < -0.39 is 0 Å². The van der Waals surface area contributed by atoms with Crippen molar-refractivity contribution in [3.05, 3.63) is 47.3 Å². The minimum Gasteiger partial charge on any atom is -0.327 e. The Morgan fingerprint density at radius 3 is 2.76 bits per heavy atom. The number of fused-ring (bicyclic) bond motifs is 1. The molecule has 2 aromatic heterocycles. The van der Waals surface area contributed by atoms with Gasteiger partial charge in [0.15, 0.2) is 5.69 Å². The molecule has 1 amide bonds. The van der Waals surface area contributed by atoms with E-state index in [9.17, 15) is 4.79 Å². The summed E-state index contributed by atoms with van der Waals surface area (Å²) in [5.74, 6) is 0.675. The molecule has 0 saturated carbocycles. The largest absolute Gasteiger partial charge is 0.327 e. The van der Waals surface area contributed by atoms with E-state index in [4.69, 9.17) is 0 Å². The summed E-state index contributed by atoms with van der Waals surface area (Å²) in [5.41, 5.74) is 2.18. The van der Waals surface area contributed by atoms with Crippen LogP contribution in [-0.2, 0) is 18.5 Å². The van der Waals surface area contributed by atoms with E-state index in [0.29, 0.717) is 18.8 Å². The van der Waals surface area contributed by atoms with Gasteiger partial charge in [0, 0.05) is 29.9 Å². The van der Waals surface area contributed by atoms with Gasteiger partial charge in [0.25, 0.3) is 5.91 Å². The van der Waals surface area contributed by atoms with Crippen LogP contribution in [0, 0.1) is 0 Å². The number of carbonyl (C=O) groups is 1. The van der Waals surface area contributed by atoms with E-state index in [1.54, 1.807) is 23.2 Å². The van der Waals surface area contributed by atoms with E-state index in [0.717, 1.165) is 17.1 Å². The molecule has 0 atom stereocenters. The molecular formula is C15H17N5O. The summed E-state index contributed by atoms with van der Waals surface area (Å²) in [5, 5.41) is 7.61. The Morgan fingerprint density at radius 2 is 2.10 bits per heavy atom. The van der Waals surface area contributed by atoms with Gasteiger partial charge in [-0.25, -0.2) is 9.97 Å². The lowest BCUT2D eigenvalue weighted by Crippen LogP contribution is -2.26. The molecule has 6 nitrogen and oxygen atoms in total. The first-order chi connectivity index (χ1) is 9.95. The number of rotatable bonds is 1. The lowest BCUT2D eigenvalue weighted by molar-refractivity contribution is 0.0743. The van der Waals surface area contributed by atoms with Crippen LogP contribution in [0.4, 0.5) is 0 Å². The second-order valence-electron chi connectivity index (χ2n) is 6.19. The molecule has 3 rings (SSSR count). The Labute approximate surface area is 123 Å². The maximum atomic E-state index is 12.4. The minimum atomic E-state index is -0.126. The van der Waals surface area contributed by atoms with Crippen molar-refractivity contribution in [3.8, 4) is 0 Å². The Kier molecular flexibility index (Phi) is 3.16. The molecule has 3 heterocycles. The second kappa shape index (κ2) is 4.87. The number of hydrogen-bond acceptors (Lipinski definition) is 5. The molecule has 0 unspecified atom stereocenters. The summed E-state index contributed by atoms with van der Waals surface area (Å²) >= 11 is 0. The van der Waals surface area contributed by atoms with Crippen molar-refractivity contribution in [3.63, 3.8) is 0 Å². The highest BCUT2D eigenvalue weighted by Crippen LogP contribution is 2.25. The molecule has 2 aromatic rings. The molecule has 1 aliphatic heterocycles. The van der Waals surface area contributed by atoms with Gasteiger partial charge in [0.05, 0.1) is 12.2 Å². The first kappa shape index (κ1) is 13.6. The quantitative estimate of drug-likeness (QED) is 0.797. The van der Waals surface area contributed by atoms with Crippen LogP contribution in [-0.4, -0.2) is 31.0 Å². The minimum absolute atomic E-state index is 0.0998. The van der Waals surface area contributed by atoms with E-state index in [1.807, 2.05) is 6.20 Å². The van der Waals surface area contributed by atoms with Gasteiger partial charge in [-0.05, 0) is 12.1 Å². The zero-order chi connectivity index (χ0) is 15.0. The Morgan fingerprint density at radius 1 is 1.29 bits per heavy atom. The van der Waals surface area contributed by atoms with Crippen LogP contribution in [0.15, 0.2) is 24.5 Å². The standard InChI is InChI=1S/C15H17N5O/c1-15(2,3)14-16-7-10-8-20(9-12(10)18-14)13(21)11-5-4-6-17-19-11/h4-7H,8-9H2,1-3H3. The fraction of sp³-hybridized carbons (Fsp3) is 0.400. The lowest BCUT2D eigenvalue weighted by atomic mass is 9.95. The summed E-state index contributed by atoms with van der Waals surface area (Å²) < 4.78 is 0. The van der Waals surface area contributed by atoms with Gasteiger partial charge >= 0.3 is 0 Å². The third-order valence-corrected chi connectivity index (χ3v) is 3.41. The Hall–Kier alpha value is -2.37. The molecule has 6 heteroatoms. The van der Waals surface area contributed by atoms with E-state index in [2.05, 4.69) is 40.9 Å². The van der Waals surface area contributed by atoms with Crippen LogP contribution in [0.1, 0.15) is 48.3 Å². The third-order valence-electron chi connectivity index (χ3n) is 3.41. The summed E-state index contributed by atoms with van der Waals surface area (Å²) in [6.07, 6.45) is 3.38. The number of carbonyl (C=O) groups excluding carboxylic acids is 1. The zero-order valence-electron chi connectivity index (χ0n) is 12.4. The van der Waals surface area contributed by atoms with Gasteiger partial charge < -0.3 is 4.90 Å². The highest BCUT2D eigenvalue weighted by atomic mass is 16.2. The summed E-state index contributed by atoms with van der Waals surface area (Å²) in [6, 6.07) is 3.38. The van der Waals surface area contributed by atoms with E-state index in [1.165, 1.54) is 0 Å². The summed E-state index contributed by atoms with van der Waals surface area (Å²) in [6.45, 7) is 7.25. The molecule has 0 aliphatic carbocycles. The molecular weight excluding hydrogens is 266 g/mol. The van der Waals surface area contributed by atoms with E-state index in [-0.39, 0.29) is 11.3 Å². The van der Waals surface area contributed by atoms with Crippen LogP contribution in [0.25, 0.3) is 0 Å². The van der Waals surface area contributed by atoms with Gasteiger partial charge in [0.2, 0.25) is 0 Å². The van der Waals surface area contributed by atoms with Crippen LogP contribution in [0.3, 0.4) is 0 Å². The van der Waals surface area contributed by atoms with Gasteiger partial charge in [-0.1, -0.05) is 20.8 Å². The van der Waals surface area contributed by atoms with Crippen LogP contribution in [0.5, 0.6) is 0 Å². The van der Waals surface area contributed by atoms with Crippen molar-refractivity contribution in [2.45, 2.75) is 39.3 Å². The molecule has 0 radical (unpaired) electrons. The van der Waals surface area contributed by atoms with Crippen LogP contribution < -0.4 is 0 Å². The maximum Gasteiger partial charge on any atom is 0.275 e. The van der Waals surface area contributed by atoms with Crippen LogP contribution in [0.2, 0.25) is 0 Å². The maximum absolute atomic E-state index is 12.4. The molecule has 0 spiro atoms. The SMILES string of the molecule is CC(C)(C)c1ncc2c(n1)CN(C(=O)c1cccnn1)C2. The number of amides is 1. The van der Waals surface area contributed by atoms with Crippen molar-refractivity contribution in [1.82, 2.24) is 25.1 Å². The normalized spacial score (nSPS) is 14.1. The number of hydrogen-bond donors (Lipinski definition) is 0. The predicted octanol–water partition coefficient (Wildman–Crippen LogP) is 1.72. The fourth-order valence-corrected chi connectivity index (χ4v) is 2.24. The smallest absolute Gasteiger partial charge is 0.275 e. The average molecular weight is 283 g/mol. The molecule has 0 saturated heterocycles. The van der Waals surface area contributed by atoms with Gasteiger partial charge in [-0.2, -0.15) is 5.10 Å². The molecule has 0 aromatic carbocycles. The topological polar surface area (TPSA) is 71.9 Å². The van der Waals surface area contributed by atoms with Crippen LogP contribution >= 0.6 is 0 Å². The average Bonchev–Trinajstić information content (AvgIpc) is 2.89. The Bertz CT molecular complexity index is 678. The lowest BCUT2D eigenvalue weighted by Gasteiger charge is -2.16. The monoisotopic (exact) mass is 283 g/mol. The molecule has 0 fully saturated rings. The van der Waals surface area contributed by atoms with Gasteiger partial charge in [-0.15, -0.1) is 5.10 Å². The first-order valence-corrected chi connectivity index (χ1v) is 6.87. The molecule has 0 bridgehead atoms. The molecule has 108 valence electrons. The number of nitrogens with zero attached hydrogens (tertiary/aromatic N) is 5. The number of aromatic nitrogens is 4.